The maximum atomic E-state index is 5.71. The van der Waals surface area contributed by atoms with Crippen molar-refractivity contribution in [3.05, 3.63) is 54.0 Å². The van der Waals surface area contributed by atoms with Crippen LogP contribution in [0.4, 0.5) is 5.82 Å². The molecule has 2 aromatic heterocycles. The third kappa shape index (κ3) is 2.40. The van der Waals surface area contributed by atoms with Gasteiger partial charge in [-0.25, -0.2) is 4.98 Å². The van der Waals surface area contributed by atoms with Crippen molar-refractivity contribution in [3.8, 4) is 0 Å². The average molecular weight is 197 g/mol. The Bertz CT molecular complexity index is 463. The smallest absolute Gasteiger partial charge is 0.130 e. The highest BCUT2D eigenvalue weighted by Gasteiger charge is 1.92. The lowest BCUT2D eigenvalue weighted by molar-refractivity contribution is 1.32. The van der Waals surface area contributed by atoms with Crippen LogP contribution >= 0.6 is 0 Å². The standard InChI is InChI=1S/C12H11N3/c13-12-11(4-2-8-15-12)6-5-10-3-1-7-14-9-10/h1-9H,(H2,13,15). The third-order valence-electron chi connectivity index (χ3n) is 2.01. The van der Waals surface area contributed by atoms with E-state index in [1.165, 1.54) is 0 Å². The first-order chi connectivity index (χ1) is 7.36. The number of pyridine rings is 2. The summed E-state index contributed by atoms with van der Waals surface area (Å²) >= 11 is 0. The molecule has 0 saturated carbocycles. The number of aromatic nitrogens is 2. The highest BCUT2D eigenvalue weighted by Crippen LogP contribution is 2.11. The molecule has 0 fully saturated rings. The van der Waals surface area contributed by atoms with Crippen molar-refractivity contribution in [2.75, 3.05) is 5.73 Å². The number of nitrogens with two attached hydrogens (primary N) is 1. The Labute approximate surface area is 88.3 Å². The van der Waals surface area contributed by atoms with Crippen molar-refractivity contribution in [1.29, 1.82) is 0 Å². The van der Waals surface area contributed by atoms with Crippen LogP contribution in [0.3, 0.4) is 0 Å². The molecule has 15 heavy (non-hydrogen) atoms. The van der Waals surface area contributed by atoms with E-state index >= 15 is 0 Å². The first-order valence-corrected chi connectivity index (χ1v) is 4.65. The van der Waals surface area contributed by atoms with Crippen LogP contribution in [-0.2, 0) is 0 Å². The van der Waals surface area contributed by atoms with Gasteiger partial charge in [0.25, 0.3) is 0 Å². The van der Waals surface area contributed by atoms with E-state index in [1.807, 2.05) is 36.4 Å². The van der Waals surface area contributed by atoms with Crippen LogP contribution in [0.5, 0.6) is 0 Å². The van der Waals surface area contributed by atoms with Gasteiger partial charge in [0.05, 0.1) is 0 Å². The Morgan fingerprint density at radius 2 is 1.93 bits per heavy atom. The molecule has 0 aliphatic rings. The topological polar surface area (TPSA) is 51.8 Å². The highest BCUT2D eigenvalue weighted by molar-refractivity contribution is 5.73. The predicted octanol–water partition coefficient (Wildman–Crippen LogP) is 2.23. The van der Waals surface area contributed by atoms with Crippen molar-refractivity contribution in [2.45, 2.75) is 0 Å². The molecule has 0 spiro atoms. The van der Waals surface area contributed by atoms with E-state index in [9.17, 15) is 0 Å². The molecule has 74 valence electrons. The van der Waals surface area contributed by atoms with Crippen molar-refractivity contribution in [2.24, 2.45) is 0 Å². The fourth-order valence-corrected chi connectivity index (χ4v) is 1.23. The molecule has 2 aromatic rings. The summed E-state index contributed by atoms with van der Waals surface area (Å²) in [7, 11) is 0. The minimum Gasteiger partial charge on any atom is -0.383 e. The Kier molecular flexibility index (Phi) is 2.74. The molecule has 0 unspecified atom stereocenters. The Morgan fingerprint density at radius 3 is 2.67 bits per heavy atom. The van der Waals surface area contributed by atoms with Crippen molar-refractivity contribution >= 4 is 18.0 Å². The zero-order chi connectivity index (χ0) is 10.5. The van der Waals surface area contributed by atoms with Gasteiger partial charge in [-0.2, -0.15) is 0 Å². The second-order valence-corrected chi connectivity index (χ2v) is 3.10. The normalized spacial score (nSPS) is 10.7. The van der Waals surface area contributed by atoms with Gasteiger partial charge in [0.15, 0.2) is 0 Å². The number of nitrogens with zero attached hydrogens (tertiary/aromatic N) is 2. The third-order valence-corrected chi connectivity index (χ3v) is 2.01. The van der Waals surface area contributed by atoms with Gasteiger partial charge in [-0.05, 0) is 23.8 Å². The fourth-order valence-electron chi connectivity index (χ4n) is 1.23. The number of anilines is 1. The number of hydrogen-bond donors (Lipinski definition) is 1. The average Bonchev–Trinajstić information content (AvgIpc) is 2.29. The summed E-state index contributed by atoms with van der Waals surface area (Å²) in [5.41, 5.74) is 7.67. The van der Waals surface area contributed by atoms with Gasteiger partial charge in [-0.3, -0.25) is 4.98 Å². The molecule has 2 heterocycles. The molecule has 3 heteroatoms. The fraction of sp³-hybridized carbons (Fsp3) is 0. The lowest BCUT2D eigenvalue weighted by Gasteiger charge is -1.97. The van der Waals surface area contributed by atoms with Crippen LogP contribution in [0, 0.1) is 0 Å². The monoisotopic (exact) mass is 197 g/mol. The van der Waals surface area contributed by atoms with Crippen molar-refractivity contribution in [1.82, 2.24) is 9.97 Å². The second-order valence-electron chi connectivity index (χ2n) is 3.10. The molecule has 0 amide bonds. The molecule has 0 aliphatic heterocycles. The summed E-state index contributed by atoms with van der Waals surface area (Å²) in [5, 5.41) is 0. The number of nitrogen functional groups attached to an aromatic ring is 1. The van der Waals surface area contributed by atoms with Gasteiger partial charge < -0.3 is 5.73 Å². The van der Waals surface area contributed by atoms with Gasteiger partial charge in [0.2, 0.25) is 0 Å². The molecular weight excluding hydrogens is 186 g/mol. The maximum absolute atomic E-state index is 5.71. The molecule has 2 N–H and O–H groups in total. The number of rotatable bonds is 2. The van der Waals surface area contributed by atoms with Gasteiger partial charge in [-0.15, -0.1) is 0 Å². The van der Waals surface area contributed by atoms with Crippen LogP contribution in [0.1, 0.15) is 11.1 Å². The van der Waals surface area contributed by atoms with Gasteiger partial charge >= 0.3 is 0 Å². The minimum absolute atomic E-state index is 0.539. The van der Waals surface area contributed by atoms with Crippen LogP contribution in [-0.4, -0.2) is 9.97 Å². The first kappa shape index (κ1) is 9.40. The summed E-state index contributed by atoms with van der Waals surface area (Å²) in [6, 6.07) is 7.66. The Balaban J connectivity index is 2.23. The van der Waals surface area contributed by atoms with Gasteiger partial charge in [-0.1, -0.05) is 18.2 Å². The quantitative estimate of drug-likeness (QED) is 0.803. The second kappa shape index (κ2) is 4.37. The highest BCUT2D eigenvalue weighted by atomic mass is 14.8. The van der Waals surface area contributed by atoms with E-state index in [0.29, 0.717) is 5.82 Å². The van der Waals surface area contributed by atoms with Crippen LogP contribution in [0.15, 0.2) is 42.9 Å². The summed E-state index contributed by atoms with van der Waals surface area (Å²) in [5.74, 6) is 0.539. The maximum Gasteiger partial charge on any atom is 0.130 e. The molecule has 2 rings (SSSR count). The van der Waals surface area contributed by atoms with E-state index in [4.69, 9.17) is 5.73 Å². The summed E-state index contributed by atoms with van der Waals surface area (Å²) < 4.78 is 0. The summed E-state index contributed by atoms with van der Waals surface area (Å²) in [4.78, 5) is 8.02. The van der Waals surface area contributed by atoms with E-state index < -0.39 is 0 Å². The Hall–Kier alpha value is -2.16. The summed E-state index contributed by atoms with van der Waals surface area (Å²) in [6.45, 7) is 0. The zero-order valence-corrected chi connectivity index (χ0v) is 8.17. The lowest BCUT2D eigenvalue weighted by Crippen LogP contribution is -1.91. The van der Waals surface area contributed by atoms with E-state index in [2.05, 4.69) is 9.97 Å². The summed E-state index contributed by atoms with van der Waals surface area (Å²) in [6.07, 6.45) is 9.11. The molecule has 0 bridgehead atoms. The lowest BCUT2D eigenvalue weighted by atomic mass is 10.2. The van der Waals surface area contributed by atoms with Gasteiger partial charge in [0.1, 0.15) is 5.82 Å². The zero-order valence-electron chi connectivity index (χ0n) is 8.17. The minimum atomic E-state index is 0.539. The van der Waals surface area contributed by atoms with E-state index in [-0.39, 0.29) is 0 Å². The first-order valence-electron chi connectivity index (χ1n) is 4.65. The predicted molar refractivity (Wildman–Crippen MR) is 61.8 cm³/mol. The van der Waals surface area contributed by atoms with Crippen molar-refractivity contribution < 1.29 is 0 Å². The van der Waals surface area contributed by atoms with Crippen LogP contribution in [0.2, 0.25) is 0 Å². The largest absolute Gasteiger partial charge is 0.383 e. The van der Waals surface area contributed by atoms with Crippen LogP contribution in [0.25, 0.3) is 12.2 Å². The van der Waals surface area contributed by atoms with E-state index in [1.54, 1.807) is 18.6 Å². The molecule has 0 aromatic carbocycles. The van der Waals surface area contributed by atoms with Crippen molar-refractivity contribution in [3.63, 3.8) is 0 Å². The molecule has 0 radical (unpaired) electrons. The SMILES string of the molecule is Nc1ncccc1C=Cc1cccnc1. The van der Waals surface area contributed by atoms with E-state index in [0.717, 1.165) is 11.1 Å². The van der Waals surface area contributed by atoms with Gasteiger partial charge in [0, 0.05) is 24.2 Å². The number of hydrogen-bond acceptors (Lipinski definition) is 3. The molecular formula is C12H11N3. The molecule has 3 nitrogen and oxygen atoms in total. The molecule has 0 aliphatic carbocycles. The van der Waals surface area contributed by atoms with Crippen LogP contribution < -0.4 is 5.73 Å². The Morgan fingerprint density at radius 1 is 1.07 bits per heavy atom. The molecule has 0 atom stereocenters. The molecule has 0 saturated heterocycles.